The summed E-state index contributed by atoms with van der Waals surface area (Å²) in [6.07, 6.45) is 5.21. The van der Waals surface area contributed by atoms with E-state index in [1.54, 1.807) is 7.11 Å². The fourth-order valence-corrected chi connectivity index (χ4v) is 4.07. The zero-order valence-electron chi connectivity index (χ0n) is 17.2. The summed E-state index contributed by atoms with van der Waals surface area (Å²) in [5.74, 6) is 2.95. The van der Waals surface area contributed by atoms with Gasteiger partial charge in [0.25, 0.3) is 0 Å². The predicted molar refractivity (Wildman–Crippen MR) is 109 cm³/mol. The maximum Gasteiger partial charge on any atom is 0.230 e. The molecule has 1 aliphatic heterocycles. The molecule has 1 aromatic carbocycles. The lowest BCUT2D eigenvalue weighted by atomic mass is 10.2. The number of methoxy groups -OCH3 is 1. The van der Waals surface area contributed by atoms with Crippen LogP contribution in [0, 0.1) is 6.92 Å². The van der Waals surface area contributed by atoms with E-state index < -0.39 is 0 Å². The van der Waals surface area contributed by atoms with E-state index in [1.165, 1.54) is 12.8 Å². The number of carbonyl (C=O) groups excluding carboxylic acids is 1. The lowest BCUT2D eigenvalue weighted by Gasteiger charge is -2.36. The second kappa shape index (κ2) is 8.71. The number of rotatable bonds is 6. The van der Waals surface area contributed by atoms with Crippen LogP contribution >= 0.6 is 0 Å². The molecular weight excluding hydrogens is 370 g/mol. The quantitative estimate of drug-likeness (QED) is 0.803. The van der Waals surface area contributed by atoms with Crippen molar-refractivity contribution in [2.45, 2.75) is 45.1 Å². The standard InChI is InChI=1S/C21H29N5O3/c1-15-22-20(24-23-15)14-21(27)26-11-9-25(10-12-26)16-7-8-18(28-2)19(13-16)29-17-5-3-4-6-17/h7-8,13,17H,3-6,9-12,14H2,1-2H3,(H,22,23,24). The normalized spacial score (nSPS) is 17.6. The molecular formula is C21H29N5O3. The average molecular weight is 399 g/mol. The maximum atomic E-state index is 12.5. The third-order valence-corrected chi connectivity index (χ3v) is 5.69. The molecule has 1 N–H and O–H groups in total. The molecule has 4 rings (SSSR count). The highest BCUT2D eigenvalue weighted by Crippen LogP contribution is 2.35. The summed E-state index contributed by atoms with van der Waals surface area (Å²) in [6, 6.07) is 6.11. The zero-order valence-corrected chi connectivity index (χ0v) is 17.2. The Bertz CT molecular complexity index is 839. The molecule has 0 unspecified atom stereocenters. The van der Waals surface area contributed by atoms with Crippen LogP contribution in [0.25, 0.3) is 0 Å². The SMILES string of the molecule is COc1ccc(N2CCN(C(=O)Cc3n[nH]c(C)n3)CC2)cc1OC1CCCC1. The second-order valence-corrected chi connectivity index (χ2v) is 7.74. The predicted octanol–water partition coefficient (Wildman–Crippen LogP) is 2.33. The first-order chi connectivity index (χ1) is 14.1. The van der Waals surface area contributed by atoms with Crippen LogP contribution in [0.3, 0.4) is 0 Å². The van der Waals surface area contributed by atoms with Gasteiger partial charge in [-0.1, -0.05) is 0 Å². The van der Waals surface area contributed by atoms with Crippen molar-refractivity contribution in [3.63, 3.8) is 0 Å². The topological polar surface area (TPSA) is 83.6 Å². The molecule has 1 saturated heterocycles. The van der Waals surface area contributed by atoms with Gasteiger partial charge < -0.3 is 19.3 Å². The minimum Gasteiger partial charge on any atom is -0.493 e. The first-order valence-corrected chi connectivity index (χ1v) is 10.4. The van der Waals surface area contributed by atoms with Crippen molar-refractivity contribution in [3.05, 3.63) is 29.8 Å². The van der Waals surface area contributed by atoms with Gasteiger partial charge in [-0.3, -0.25) is 9.89 Å². The fraction of sp³-hybridized carbons (Fsp3) is 0.571. The molecule has 0 spiro atoms. The summed E-state index contributed by atoms with van der Waals surface area (Å²) in [5, 5.41) is 6.84. The minimum absolute atomic E-state index is 0.0728. The van der Waals surface area contributed by atoms with Gasteiger partial charge in [-0.25, -0.2) is 4.98 Å². The summed E-state index contributed by atoms with van der Waals surface area (Å²) in [5.41, 5.74) is 1.11. The van der Waals surface area contributed by atoms with Gasteiger partial charge in [0.15, 0.2) is 17.3 Å². The molecule has 1 aromatic heterocycles. The Morgan fingerprint density at radius 2 is 1.93 bits per heavy atom. The van der Waals surface area contributed by atoms with Crippen LogP contribution in [0.15, 0.2) is 18.2 Å². The highest BCUT2D eigenvalue weighted by Gasteiger charge is 2.24. The Morgan fingerprint density at radius 3 is 2.59 bits per heavy atom. The molecule has 1 aliphatic carbocycles. The lowest BCUT2D eigenvalue weighted by molar-refractivity contribution is -0.130. The smallest absolute Gasteiger partial charge is 0.230 e. The molecule has 2 aromatic rings. The Balaban J connectivity index is 1.36. The highest BCUT2D eigenvalue weighted by molar-refractivity contribution is 5.78. The largest absolute Gasteiger partial charge is 0.493 e. The van der Waals surface area contributed by atoms with Gasteiger partial charge >= 0.3 is 0 Å². The van der Waals surface area contributed by atoms with Crippen molar-refractivity contribution < 1.29 is 14.3 Å². The summed E-state index contributed by atoms with van der Waals surface area (Å²) < 4.78 is 11.7. The number of benzene rings is 1. The maximum absolute atomic E-state index is 12.5. The van der Waals surface area contributed by atoms with E-state index in [1.807, 2.05) is 17.9 Å². The molecule has 2 fully saturated rings. The van der Waals surface area contributed by atoms with Crippen LogP contribution in [0.5, 0.6) is 11.5 Å². The number of aromatic nitrogens is 3. The van der Waals surface area contributed by atoms with E-state index in [4.69, 9.17) is 9.47 Å². The number of piperazine rings is 1. The summed E-state index contributed by atoms with van der Waals surface area (Å²) >= 11 is 0. The van der Waals surface area contributed by atoms with Crippen LogP contribution in [-0.2, 0) is 11.2 Å². The third-order valence-electron chi connectivity index (χ3n) is 5.69. The van der Waals surface area contributed by atoms with Gasteiger partial charge in [0.2, 0.25) is 5.91 Å². The van der Waals surface area contributed by atoms with Crippen LogP contribution in [0.1, 0.15) is 37.3 Å². The number of H-pyrrole nitrogens is 1. The van der Waals surface area contributed by atoms with Gasteiger partial charge in [0.05, 0.1) is 19.6 Å². The highest BCUT2D eigenvalue weighted by atomic mass is 16.5. The Morgan fingerprint density at radius 1 is 1.17 bits per heavy atom. The van der Waals surface area contributed by atoms with Gasteiger partial charge in [-0.2, -0.15) is 5.10 Å². The van der Waals surface area contributed by atoms with E-state index in [0.29, 0.717) is 18.9 Å². The van der Waals surface area contributed by atoms with Crippen molar-refractivity contribution in [1.29, 1.82) is 0 Å². The van der Waals surface area contributed by atoms with E-state index in [0.717, 1.165) is 48.9 Å². The van der Waals surface area contributed by atoms with Crippen LogP contribution in [0.2, 0.25) is 0 Å². The fourth-order valence-electron chi connectivity index (χ4n) is 4.07. The summed E-state index contributed by atoms with van der Waals surface area (Å²) in [7, 11) is 1.68. The zero-order chi connectivity index (χ0) is 20.2. The van der Waals surface area contributed by atoms with Crippen LogP contribution < -0.4 is 14.4 Å². The second-order valence-electron chi connectivity index (χ2n) is 7.74. The number of hydrogen-bond acceptors (Lipinski definition) is 6. The minimum atomic E-state index is 0.0728. The molecule has 0 radical (unpaired) electrons. The van der Waals surface area contributed by atoms with E-state index in [-0.39, 0.29) is 18.4 Å². The molecule has 2 aliphatic rings. The molecule has 0 atom stereocenters. The van der Waals surface area contributed by atoms with E-state index in [9.17, 15) is 4.79 Å². The molecule has 2 heterocycles. The van der Waals surface area contributed by atoms with Gasteiger partial charge in [0.1, 0.15) is 5.82 Å². The summed E-state index contributed by atoms with van der Waals surface area (Å²) in [4.78, 5) is 20.9. The van der Waals surface area contributed by atoms with Crippen LogP contribution in [0.4, 0.5) is 5.69 Å². The Hall–Kier alpha value is -2.77. The monoisotopic (exact) mass is 399 g/mol. The first-order valence-electron chi connectivity index (χ1n) is 10.4. The number of nitrogens with one attached hydrogen (secondary N) is 1. The van der Waals surface area contributed by atoms with Crippen LogP contribution in [-0.4, -0.2) is 65.4 Å². The number of aromatic amines is 1. The van der Waals surface area contributed by atoms with Crippen molar-refractivity contribution in [2.24, 2.45) is 0 Å². The van der Waals surface area contributed by atoms with Gasteiger partial charge in [-0.05, 0) is 44.7 Å². The number of aryl methyl sites for hydroxylation is 1. The molecule has 8 nitrogen and oxygen atoms in total. The van der Waals surface area contributed by atoms with Crippen molar-refractivity contribution >= 4 is 11.6 Å². The van der Waals surface area contributed by atoms with Crippen molar-refractivity contribution in [3.8, 4) is 11.5 Å². The Labute approximate surface area is 171 Å². The number of amides is 1. The number of hydrogen-bond donors (Lipinski definition) is 1. The third kappa shape index (κ3) is 4.63. The van der Waals surface area contributed by atoms with Crippen molar-refractivity contribution in [2.75, 3.05) is 38.2 Å². The van der Waals surface area contributed by atoms with Crippen molar-refractivity contribution in [1.82, 2.24) is 20.1 Å². The lowest BCUT2D eigenvalue weighted by Crippen LogP contribution is -2.49. The Kier molecular flexibility index (Phi) is 5.87. The number of ether oxygens (including phenoxy) is 2. The molecule has 29 heavy (non-hydrogen) atoms. The van der Waals surface area contributed by atoms with E-state index >= 15 is 0 Å². The summed E-state index contributed by atoms with van der Waals surface area (Å²) in [6.45, 7) is 4.78. The number of nitrogens with zero attached hydrogens (tertiary/aromatic N) is 4. The average Bonchev–Trinajstić information content (AvgIpc) is 3.39. The van der Waals surface area contributed by atoms with Gasteiger partial charge in [0, 0.05) is 37.9 Å². The molecule has 156 valence electrons. The molecule has 1 amide bonds. The number of anilines is 1. The van der Waals surface area contributed by atoms with E-state index in [2.05, 4.69) is 32.2 Å². The molecule has 8 heteroatoms. The molecule has 0 bridgehead atoms. The number of carbonyl (C=O) groups is 1. The van der Waals surface area contributed by atoms with Gasteiger partial charge in [-0.15, -0.1) is 0 Å². The first kappa shape index (κ1) is 19.5. The molecule has 1 saturated carbocycles.